The van der Waals surface area contributed by atoms with Crippen LogP contribution in [0.1, 0.15) is 54.4 Å². The molecule has 0 unspecified atom stereocenters. The predicted octanol–water partition coefficient (Wildman–Crippen LogP) is 1.13. The van der Waals surface area contributed by atoms with Gasteiger partial charge in [0, 0.05) is 54.6 Å². The van der Waals surface area contributed by atoms with Gasteiger partial charge in [-0.3, -0.25) is 0 Å². The molecule has 0 bridgehead atoms. The van der Waals surface area contributed by atoms with Crippen molar-refractivity contribution in [1.29, 1.82) is 0 Å². The summed E-state index contributed by atoms with van der Waals surface area (Å²) in [5, 5.41) is 26.6. The van der Waals surface area contributed by atoms with Crippen molar-refractivity contribution in [1.82, 2.24) is 15.5 Å². The van der Waals surface area contributed by atoms with Crippen molar-refractivity contribution in [2.45, 2.75) is 47.1 Å². The topological polar surface area (TPSA) is 162 Å². The Hall–Kier alpha value is -0.895. The molecule has 0 atom stereocenters. The van der Waals surface area contributed by atoms with E-state index in [0.29, 0.717) is 23.9 Å². The van der Waals surface area contributed by atoms with Crippen molar-refractivity contribution < 1.29 is 68.5 Å². The fourth-order valence-corrected chi connectivity index (χ4v) is 1.77. The number of ether oxygens (including phenoxy) is 1. The van der Waals surface area contributed by atoms with Gasteiger partial charge < -0.3 is 29.9 Å². The van der Waals surface area contributed by atoms with Crippen LogP contribution < -0.4 is 29.6 Å². The monoisotopic (exact) mass is 598 g/mol. The molecule has 11 nitrogen and oxygen atoms in total. The second kappa shape index (κ2) is 27.1. The van der Waals surface area contributed by atoms with Gasteiger partial charge in [0.25, 0.3) is 0 Å². The van der Waals surface area contributed by atoms with E-state index in [1.807, 2.05) is 13.0 Å². The van der Waals surface area contributed by atoms with Gasteiger partial charge in [0.2, 0.25) is 9.23 Å². The summed E-state index contributed by atoms with van der Waals surface area (Å²) in [6, 6.07) is 5.05. The second-order valence-electron chi connectivity index (χ2n) is 5.69. The SMILES string of the molecule is CCO.CCOC(=O)c1cc(C)on1.Cc1cc(CCl)no1.Cc1cc(CO)no1.O=S(Cl)Cl.[B].[H-].[Na+]. The molecule has 3 rings (SSSR count). The van der Waals surface area contributed by atoms with Gasteiger partial charge in [-0.15, -0.1) is 11.6 Å². The first-order valence-corrected chi connectivity index (χ1v) is 12.8. The zero-order chi connectivity index (χ0) is 26.5. The molecule has 0 spiro atoms. The summed E-state index contributed by atoms with van der Waals surface area (Å²) in [4.78, 5) is 10.9. The third-order valence-electron chi connectivity index (χ3n) is 2.76. The quantitative estimate of drug-likeness (QED) is 0.191. The molecule has 3 aromatic rings. The largest absolute Gasteiger partial charge is 1.00 e. The van der Waals surface area contributed by atoms with E-state index in [1.54, 1.807) is 33.8 Å². The number of aromatic nitrogens is 3. The van der Waals surface area contributed by atoms with Crippen molar-refractivity contribution in [2.24, 2.45) is 0 Å². The van der Waals surface area contributed by atoms with Crippen LogP contribution in [-0.4, -0.2) is 57.5 Å². The Morgan fingerprint density at radius 2 is 1.36 bits per heavy atom. The first-order chi connectivity index (χ1) is 16.0. The molecule has 3 aromatic heterocycles. The first-order valence-electron chi connectivity index (χ1n) is 9.51. The number of aliphatic hydroxyl groups excluding tert-OH is 2. The van der Waals surface area contributed by atoms with Crippen molar-refractivity contribution >= 4 is 56.6 Å². The molecule has 3 radical (unpaired) electrons. The van der Waals surface area contributed by atoms with Crippen molar-refractivity contribution in [3.8, 4) is 0 Å². The first kappa shape index (κ1) is 42.2. The summed E-state index contributed by atoms with van der Waals surface area (Å²) in [7, 11) is 7.36. The molecule has 199 valence electrons. The minimum Gasteiger partial charge on any atom is -1.00 e. The smallest absolute Gasteiger partial charge is 1.00 e. The van der Waals surface area contributed by atoms with Crippen LogP contribution in [0.5, 0.6) is 0 Å². The van der Waals surface area contributed by atoms with Crippen LogP contribution in [0.25, 0.3) is 0 Å². The molecule has 0 aromatic carbocycles. The maximum absolute atomic E-state index is 10.9. The van der Waals surface area contributed by atoms with E-state index in [0.717, 1.165) is 17.2 Å². The molecule has 36 heavy (non-hydrogen) atoms. The molecule has 0 aliphatic carbocycles. The van der Waals surface area contributed by atoms with Crippen LogP contribution in [0.2, 0.25) is 0 Å². The van der Waals surface area contributed by atoms with Gasteiger partial charge in [0.1, 0.15) is 23.0 Å². The average Bonchev–Trinajstić information content (AvgIpc) is 3.50. The van der Waals surface area contributed by atoms with Gasteiger partial charge in [0.15, 0.2) is 5.69 Å². The molecular weight excluding hydrogens is 570 g/mol. The zero-order valence-electron chi connectivity index (χ0n) is 21.9. The number of aryl methyl sites for hydroxylation is 3. The molecule has 0 aliphatic rings. The van der Waals surface area contributed by atoms with E-state index >= 15 is 0 Å². The van der Waals surface area contributed by atoms with E-state index in [2.05, 4.69) is 50.6 Å². The molecule has 0 fully saturated rings. The van der Waals surface area contributed by atoms with Crippen LogP contribution >= 0.6 is 33.0 Å². The number of hydrogen-bond acceptors (Lipinski definition) is 11. The Morgan fingerprint density at radius 1 is 0.972 bits per heavy atom. The van der Waals surface area contributed by atoms with Crippen LogP contribution in [0.4, 0.5) is 0 Å². The number of rotatable bonds is 4. The molecule has 0 saturated heterocycles. The Balaban J connectivity index is -0.000000120. The Morgan fingerprint density at radius 3 is 1.58 bits per heavy atom. The van der Waals surface area contributed by atoms with E-state index in [-0.39, 0.29) is 58.3 Å². The van der Waals surface area contributed by atoms with E-state index in [1.165, 1.54) is 6.07 Å². The number of halogens is 3. The number of carbonyl (C=O) groups excluding carboxylic acids is 1. The minimum absolute atomic E-state index is 0. The van der Waals surface area contributed by atoms with Crippen LogP contribution in [0.15, 0.2) is 31.8 Å². The van der Waals surface area contributed by atoms with E-state index in [4.69, 9.17) is 30.5 Å². The van der Waals surface area contributed by atoms with Gasteiger partial charge in [-0.2, -0.15) is 0 Å². The maximum Gasteiger partial charge on any atom is 1.00 e. The molecular formula is C19H29BCl3N3NaO8S. The van der Waals surface area contributed by atoms with E-state index < -0.39 is 15.2 Å². The number of alkyl halides is 1. The maximum atomic E-state index is 10.9. The van der Waals surface area contributed by atoms with Crippen molar-refractivity contribution in [3.63, 3.8) is 0 Å². The van der Waals surface area contributed by atoms with E-state index in [9.17, 15) is 4.79 Å². The van der Waals surface area contributed by atoms with Gasteiger partial charge in [-0.05, 0) is 34.6 Å². The normalized spacial score (nSPS) is 8.75. The van der Waals surface area contributed by atoms with Crippen LogP contribution in [0, 0.1) is 20.8 Å². The number of esters is 1. The van der Waals surface area contributed by atoms with Gasteiger partial charge in [-0.25, -0.2) is 9.00 Å². The van der Waals surface area contributed by atoms with Crippen LogP contribution in [0.3, 0.4) is 0 Å². The molecule has 0 amide bonds. The minimum atomic E-state index is -1.67. The summed E-state index contributed by atoms with van der Waals surface area (Å²) in [6.07, 6.45) is 0. The fraction of sp³-hybridized carbons (Fsp3) is 0.474. The summed E-state index contributed by atoms with van der Waals surface area (Å²) >= 11 is 5.42. The summed E-state index contributed by atoms with van der Waals surface area (Å²) in [5.41, 5.74) is 1.61. The molecule has 0 aliphatic heterocycles. The average molecular weight is 600 g/mol. The second-order valence-corrected chi connectivity index (χ2v) is 8.48. The third kappa shape index (κ3) is 24.8. The molecule has 2 N–H and O–H groups in total. The fourth-order valence-electron chi connectivity index (χ4n) is 1.64. The molecule has 3 heterocycles. The molecule has 0 saturated carbocycles. The Kier molecular flexibility index (Phi) is 31.8. The van der Waals surface area contributed by atoms with Gasteiger partial charge >= 0.3 is 35.5 Å². The summed E-state index contributed by atoms with van der Waals surface area (Å²) in [6.45, 7) is 9.32. The van der Waals surface area contributed by atoms with Crippen molar-refractivity contribution in [3.05, 3.63) is 52.6 Å². The summed E-state index contributed by atoms with van der Waals surface area (Å²) in [5.74, 6) is 2.13. The Labute approximate surface area is 251 Å². The van der Waals surface area contributed by atoms with Gasteiger partial charge in [0.05, 0.1) is 24.8 Å². The number of nitrogens with zero attached hydrogens (tertiary/aromatic N) is 3. The molecule has 17 heteroatoms. The standard InChI is InChI=1S/C7H9NO3.C5H6ClNO.C5H7NO2.C2H6O.B.Cl2OS.Na.H/c1-3-10-7(9)6-4-5(2)11-8-6;1-4-2-5(3-6)7-8-4;1-4-2-5(3-7)6-8-4;1-2-3;;1-4(2)3;;/h4H,3H2,1-2H3;2H,3H2,1H3;2,7H,3H2,1H3;3H,2H2,1H3;;;;/q;;;;;;+1;-1. The van der Waals surface area contributed by atoms with Crippen molar-refractivity contribution in [2.75, 3.05) is 13.2 Å². The number of hydrogen-bond donors (Lipinski definition) is 2. The predicted molar refractivity (Wildman–Crippen MR) is 135 cm³/mol. The number of carbonyl (C=O) groups is 1. The third-order valence-corrected chi connectivity index (χ3v) is 3.04. The number of aliphatic hydroxyl groups is 2. The zero-order valence-corrected chi connectivity index (χ0v) is 25.9. The summed E-state index contributed by atoms with van der Waals surface area (Å²) < 4.78 is 27.8. The Bertz CT molecular complexity index is 909. The van der Waals surface area contributed by atoms with Gasteiger partial charge in [-0.1, -0.05) is 15.5 Å². The van der Waals surface area contributed by atoms with Crippen LogP contribution in [-0.2, 0) is 26.5 Å².